The maximum absolute atomic E-state index is 12.8. The van der Waals surface area contributed by atoms with Gasteiger partial charge in [-0.2, -0.15) is 0 Å². The Labute approximate surface area is 156 Å². The van der Waals surface area contributed by atoms with Gasteiger partial charge in [-0.05, 0) is 63.9 Å². The summed E-state index contributed by atoms with van der Waals surface area (Å²) in [6.07, 6.45) is 0. The van der Waals surface area contributed by atoms with Crippen molar-refractivity contribution in [2.75, 3.05) is 4.72 Å². The smallest absolute Gasteiger partial charge is 0.263 e. The van der Waals surface area contributed by atoms with Gasteiger partial charge >= 0.3 is 0 Å². The highest BCUT2D eigenvalue weighted by molar-refractivity contribution is 7.93. The number of benzene rings is 1. The van der Waals surface area contributed by atoms with Gasteiger partial charge in [0.25, 0.3) is 10.0 Å². The number of thiazole rings is 1. The number of aromatic nitrogens is 1. The van der Waals surface area contributed by atoms with Gasteiger partial charge in [0.15, 0.2) is 0 Å². The van der Waals surface area contributed by atoms with Crippen LogP contribution in [-0.4, -0.2) is 13.4 Å². The zero-order chi connectivity index (χ0) is 18.4. The summed E-state index contributed by atoms with van der Waals surface area (Å²) in [4.78, 5) is 7.65. The molecule has 3 rings (SSSR count). The third-order valence-electron chi connectivity index (χ3n) is 4.16. The van der Waals surface area contributed by atoms with Crippen LogP contribution in [-0.2, 0) is 10.0 Å². The van der Waals surface area contributed by atoms with Crippen molar-refractivity contribution in [1.29, 1.82) is 0 Å². The molecule has 0 fully saturated rings. The predicted molar refractivity (Wildman–Crippen MR) is 106 cm³/mol. The summed E-state index contributed by atoms with van der Waals surface area (Å²) in [7, 11) is -3.63. The highest BCUT2D eigenvalue weighted by Crippen LogP contribution is 2.37. The number of hydrogen-bond donors (Lipinski definition) is 1. The number of sulfonamides is 1. The maximum atomic E-state index is 12.8. The molecule has 0 aliphatic rings. The van der Waals surface area contributed by atoms with Crippen molar-refractivity contribution in [3.63, 3.8) is 0 Å². The molecule has 0 bridgehead atoms. The molecule has 0 unspecified atom stereocenters. The van der Waals surface area contributed by atoms with Crippen LogP contribution >= 0.6 is 22.7 Å². The first kappa shape index (κ1) is 18.1. The van der Waals surface area contributed by atoms with Gasteiger partial charge in [0.1, 0.15) is 9.90 Å². The largest absolute Gasteiger partial charge is 0.280 e. The number of nitrogens with zero attached hydrogens (tertiary/aromatic N) is 1. The molecule has 0 amide bonds. The second-order valence-electron chi connectivity index (χ2n) is 6.10. The molecule has 0 saturated carbocycles. The maximum Gasteiger partial charge on any atom is 0.263 e. The first-order chi connectivity index (χ1) is 11.7. The van der Waals surface area contributed by atoms with Crippen molar-refractivity contribution < 1.29 is 8.42 Å². The summed E-state index contributed by atoms with van der Waals surface area (Å²) in [5, 5.41) is 0.871. The zero-order valence-electron chi connectivity index (χ0n) is 14.8. The van der Waals surface area contributed by atoms with Crippen molar-refractivity contribution in [2.45, 2.75) is 39.5 Å². The highest BCUT2D eigenvalue weighted by atomic mass is 32.2. The Bertz CT molecular complexity index is 1030. The predicted octanol–water partition coefficient (Wildman–Crippen LogP) is 5.21. The van der Waals surface area contributed by atoms with Gasteiger partial charge in [-0.3, -0.25) is 4.72 Å². The van der Waals surface area contributed by atoms with Crippen LogP contribution in [0.4, 0.5) is 5.69 Å². The van der Waals surface area contributed by atoms with Gasteiger partial charge in [-0.15, -0.1) is 22.7 Å². The second-order valence-corrected chi connectivity index (χ2v) is 10.2. The van der Waals surface area contributed by atoms with E-state index < -0.39 is 10.0 Å². The Morgan fingerprint density at radius 2 is 1.64 bits per heavy atom. The highest BCUT2D eigenvalue weighted by Gasteiger charge is 2.22. The molecule has 0 aliphatic heterocycles. The van der Waals surface area contributed by atoms with E-state index in [0.717, 1.165) is 36.5 Å². The number of nitrogens with one attached hydrogen (secondary N) is 1. The first-order valence-electron chi connectivity index (χ1n) is 7.82. The lowest BCUT2D eigenvalue weighted by atomic mass is 10.1. The molecule has 3 aromatic rings. The lowest BCUT2D eigenvalue weighted by molar-refractivity contribution is 0.601. The van der Waals surface area contributed by atoms with E-state index >= 15 is 0 Å². The number of aryl methyl sites for hydroxylation is 5. The molecule has 0 radical (unpaired) electrons. The van der Waals surface area contributed by atoms with Gasteiger partial charge in [0.2, 0.25) is 0 Å². The number of hydrogen-bond acceptors (Lipinski definition) is 5. The van der Waals surface area contributed by atoms with Crippen molar-refractivity contribution in [2.24, 2.45) is 0 Å². The van der Waals surface area contributed by atoms with E-state index in [1.54, 1.807) is 23.5 Å². The Hall–Kier alpha value is -1.70. The third-order valence-corrected chi connectivity index (χ3v) is 8.09. The minimum absolute atomic E-state index is 0.316. The van der Waals surface area contributed by atoms with Crippen molar-refractivity contribution in [3.05, 3.63) is 50.8 Å². The standard InChI is InChI=1S/C18H20N2O2S3/c1-10-6-7-15(8-11(10)2)20-25(21,22)17-9-16(23-14(17)5)18-19-12(3)13(4)24-18/h6-9,20H,1-5H3. The summed E-state index contributed by atoms with van der Waals surface area (Å²) < 4.78 is 28.3. The fraction of sp³-hybridized carbons (Fsp3) is 0.278. The molecule has 7 heteroatoms. The Morgan fingerprint density at radius 3 is 2.24 bits per heavy atom. The Balaban J connectivity index is 1.96. The topological polar surface area (TPSA) is 59.1 Å². The van der Waals surface area contributed by atoms with Crippen LogP contribution in [0, 0.1) is 34.6 Å². The van der Waals surface area contributed by atoms with E-state index in [1.165, 1.54) is 11.3 Å². The van der Waals surface area contributed by atoms with Crippen LogP contribution in [0.2, 0.25) is 0 Å². The van der Waals surface area contributed by atoms with E-state index in [0.29, 0.717) is 10.6 Å². The third kappa shape index (κ3) is 3.63. The molecule has 2 heterocycles. The molecule has 1 aromatic carbocycles. The average molecular weight is 393 g/mol. The summed E-state index contributed by atoms with van der Waals surface area (Å²) in [6.45, 7) is 9.79. The molecular formula is C18H20N2O2S3. The fourth-order valence-corrected chi connectivity index (χ4v) is 6.03. The molecule has 0 atom stereocenters. The van der Waals surface area contributed by atoms with E-state index in [9.17, 15) is 8.42 Å². The van der Waals surface area contributed by atoms with Crippen molar-refractivity contribution in [3.8, 4) is 9.88 Å². The minimum atomic E-state index is -3.63. The van der Waals surface area contributed by atoms with Gasteiger partial charge < -0.3 is 0 Å². The SMILES string of the molecule is Cc1ccc(NS(=O)(=O)c2cc(-c3nc(C)c(C)s3)sc2C)cc1C. The van der Waals surface area contributed by atoms with Crippen LogP contribution in [0.25, 0.3) is 9.88 Å². The molecule has 4 nitrogen and oxygen atoms in total. The second kappa shape index (κ2) is 6.55. The summed E-state index contributed by atoms with van der Waals surface area (Å²) in [5.41, 5.74) is 3.75. The lowest BCUT2D eigenvalue weighted by Crippen LogP contribution is -2.13. The molecule has 132 valence electrons. The van der Waals surface area contributed by atoms with Gasteiger partial charge in [0, 0.05) is 15.4 Å². The van der Waals surface area contributed by atoms with Crippen molar-refractivity contribution in [1.82, 2.24) is 4.98 Å². The summed E-state index contributed by atoms with van der Waals surface area (Å²) in [6, 6.07) is 7.28. The average Bonchev–Trinajstić information content (AvgIpc) is 3.07. The summed E-state index contributed by atoms with van der Waals surface area (Å²) in [5.74, 6) is 0. The number of rotatable bonds is 4. The van der Waals surface area contributed by atoms with Gasteiger partial charge in [-0.25, -0.2) is 13.4 Å². The van der Waals surface area contributed by atoms with E-state index in [-0.39, 0.29) is 0 Å². The van der Waals surface area contributed by atoms with Crippen LogP contribution in [0.15, 0.2) is 29.2 Å². The summed E-state index contributed by atoms with van der Waals surface area (Å²) >= 11 is 3.05. The molecule has 0 saturated heterocycles. The van der Waals surface area contributed by atoms with E-state index in [1.807, 2.05) is 46.8 Å². The quantitative estimate of drug-likeness (QED) is 0.663. The Kier molecular flexibility index (Phi) is 4.74. The molecular weight excluding hydrogens is 372 g/mol. The van der Waals surface area contributed by atoms with Crippen molar-refractivity contribution >= 4 is 38.4 Å². The molecule has 0 spiro atoms. The fourth-order valence-electron chi connectivity index (χ4n) is 2.43. The van der Waals surface area contributed by atoms with Crippen LogP contribution in [0.3, 0.4) is 0 Å². The lowest BCUT2D eigenvalue weighted by Gasteiger charge is -2.09. The monoisotopic (exact) mass is 392 g/mol. The van der Waals surface area contributed by atoms with Crippen LogP contribution in [0.1, 0.15) is 26.6 Å². The first-order valence-corrected chi connectivity index (χ1v) is 10.9. The zero-order valence-corrected chi connectivity index (χ0v) is 17.2. The van der Waals surface area contributed by atoms with Crippen LogP contribution < -0.4 is 4.72 Å². The van der Waals surface area contributed by atoms with Gasteiger partial charge in [0.05, 0.1) is 10.6 Å². The molecule has 25 heavy (non-hydrogen) atoms. The minimum Gasteiger partial charge on any atom is -0.280 e. The molecule has 2 aromatic heterocycles. The van der Waals surface area contributed by atoms with Crippen LogP contribution in [0.5, 0.6) is 0 Å². The molecule has 0 aliphatic carbocycles. The molecule has 1 N–H and O–H groups in total. The normalized spacial score (nSPS) is 11.7. The number of thiophene rings is 1. The number of anilines is 1. The Morgan fingerprint density at radius 1 is 0.920 bits per heavy atom. The van der Waals surface area contributed by atoms with E-state index in [4.69, 9.17) is 0 Å². The van der Waals surface area contributed by atoms with Gasteiger partial charge in [-0.1, -0.05) is 6.07 Å². The van der Waals surface area contributed by atoms with E-state index in [2.05, 4.69) is 9.71 Å².